The minimum atomic E-state index is -0.554. The van der Waals surface area contributed by atoms with Crippen LogP contribution in [0.2, 0.25) is 0 Å². The number of nitrogens with one attached hydrogen (secondary N) is 1. The fourth-order valence-electron chi connectivity index (χ4n) is 3.46. The molecule has 2 aliphatic rings. The Balaban J connectivity index is 1.60. The highest BCUT2D eigenvalue weighted by atomic mass is 32.1. The molecule has 1 aromatic heterocycles. The monoisotopic (exact) mass is 423 g/mol. The summed E-state index contributed by atoms with van der Waals surface area (Å²) in [7, 11) is 0. The van der Waals surface area contributed by atoms with Gasteiger partial charge in [0.25, 0.3) is 0 Å². The van der Waals surface area contributed by atoms with Crippen LogP contribution < -0.4 is 10.2 Å². The van der Waals surface area contributed by atoms with Gasteiger partial charge in [-0.15, -0.1) is 11.3 Å². The molecule has 1 aromatic rings. The number of rotatable bonds is 3. The number of carbonyl (C=O) groups is 3. The Kier molecular flexibility index (Phi) is 6.02. The number of piperazine rings is 1. The Bertz CT molecular complexity index is 790. The number of thiazole rings is 1. The van der Waals surface area contributed by atoms with Gasteiger partial charge in [-0.1, -0.05) is 0 Å². The van der Waals surface area contributed by atoms with Gasteiger partial charge in [-0.05, 0) is 34.6 Å². The van der Waals surface area contributed by atoms with E-state index < -0.39 is 5.60 Å². The molecule has 10 heteroatoms. The quantitative estimate of drug-likeness (QED) is 0.803. The van der Waals surface area contributed by atoms with E-state index in [-0.39, 0.29) is 36.5 Å². The van der Waals surface area contributed by atoms with Crippen molar-refractivity contribution in [1.29, 1.82) is 0 Å². The van der Waals surface area contributed by atoms with Gasteiger partial charge in [0, 0.05) is 43.6 Å². The van der Waals surface area contributed by atoms with Gasteiger partial charge in [0.05, 0.1) is 12.1 Å². The molecule has 2 atom stereocenters. The van der Waals surface area contributed by atoms with Crippen LogP contribution in [0.15, 0.2) is 5.38 Å². The Morgan fingerprint density at radius 1 is 1.24 bits per heavy atom. The molecule has 0 bridgehead atoms. The molecule has 0 aromatic carbocycles. The van der Waals surface area contributed by atoms with Crippen LogP contribution in [0.1, 0.15) is 40.3 Å². The molecule has 29 heavy (non-hydrogen) atoms. The number of hydrogen-bond donors (Lipinski definition) is 1. The van der Waals surface area contributed by atoms with Gasteiger partial charge in [0.2, 0.25) is 5.91 Å². The van der Waals surface area contributed by atoms with Crippen molar-refractivity contribution in [2.75, 3.05) is 31.1 Å². The molecule has 0 spiro atoms. The maximum Gasteiger partial charge on any atom is 0.410 e. The molecule has 2 saturated heterocycles. The topological polar surface area (TPSA) is 95.1 Å². The van der Waals surface area contributed by atoms with Gasteiger partial charge in [0.15, 0.2) is 5.13 Å². The minimum Gasteiger partial charge on any atom is -0.444 e. The van der Waals surface area contributed by atoms with Crippen LogP contribution in [0, 0.1) is 0 Å². The van der Waals surface area contributed by atoms with E-state index in [1.807, 2.05) is 40.0 Å². The molecular weight excluding hydrogens is 394 g/mol. The van der Waals surface area contributed by atoms with Crippen molar-refractivity contribution in [2.45, 2.75) is 58.7 Å². The first-order valence-electron chi connectivity index (χ1n) is 9.84. The largest absolute Gasteiger partial charge is 0.444 e. The number of urea groups is 1. The van der Waals surface area contributed by atoms with E-state index in [2.05, 4.69) is 10.3 Å². The first kappa shape index (κ1) is 21.4. The highest BCUT2D eigenvalue weighted by Gasteiger charge is 2.36. The van der Waals surface area contributed by atoms with E-state index >= 15 is 0 Å². The second-order valence-electron chi connectivity index (χ2n) is 8.56. The SMILES string of the molecule is C[C@@H]1CN(C(=O)OC(C)(C)C)[C@@H](C)CN1C(=O)Cc1csc(N2CCNC2=O)n1. The average molecular weight is 424 g/mol. The third kappa shape index (κ3) is 4.98. The van der Waals surface area contributed by atoms with E-state index in [9.17, 15) is 14.4 Å². The molecule has 4 amide bonds. The van der Waals surface area contributed by atoms with Crippen LogP contribution in [0.3, 0.4) is 0 Å². The Morgan fingerprint density at radius 2 is 1.90 bits per heavy atom. The Hall–Kier alpha value is -2.36. The molecule has 0 aliphatic carbocycles. The lowest BCUT2D eigenvalue weighted by molar-refractivity contribution is -0.136. The summed E-state index contributed by atoms with van der Waals surface area (Å²) in [5, 5.41) is 5.18. The summed E-state index contributed by atoms with van der Waals surface area (Å²) in [4.78, 5) is 46.6. The summed E-state index contributed by atoms with van der Waals surface area (Å²) in [6.07, 6.45) is -0.174. The fraction of sp³-hybridized carbons (Fsp3) is 0.684. The second kappa shape index (κ2) is 8.17. The van der Waals surface area contributed by atoms with Crippen LogP contribution in [-0.4, -0.2) is 76.7 Å². The number of hydrogen-bond acceptors (Lipinski definition) is 6. The van der Waals surface area contributed by atoms with E-state index in [1.165, 1.54) is 11.3 Å². The molecule has 3 heterocycles. The van der Waals surface area contributed by atoms with Crippen molar-refractivity contribution >= 4 is 34.5 Å². The molecule has 2 aliphatic heterocycles. The summed E-state index contributed by atoms with van der Waals surface area (Å²) in [5.41, 5.74) is 0.103. The molecule has 1 N–H and O–H groups in total. The Morgan fingerprint density at radius 3 is 2.52 bits per heavy atom. The number of carbonyl (C=O) groups excluding carboxylic acids is 3. The second-order valence-corrected chi connectivity index (χ2v) is 9.40. The number of nitrogens with zero attached hydrogens (tertiary/aromatic N) is 4. The highest BCUT2D eigenvalue weighted by molar-refractivity contribution is 7.14. The molecule has 2 fully saturated rings. The lowest BCUT2D eigenvalue weighted by atomic mass is 10.1. The van der Waals surface area contributed by atoms with Crippen molar-refractivity contribution < 1.29 is 19.1 Å². The normalized spacial score (nSPS) is 22.7. The number of amides is 4. The minimum absolute atomic E-state index is 0.0316. The maximum absolute atomic E-state index is 12.9. The lowest BCUT2D eigenvalue weighted by Crippen LogP contribution is -2.60. The molecule has 160 valence electrons. The zero-order chi connectivity index (χ0) is 21.3. The van der Waals surface area contributed by atoms with Crippen LogP contribution in [0.4, 0.5) is 14.7 Å². The predicted octanol–water partition coefficient (Wildman–Crippen LogP) is 2.07. The lowest BCUT2D eigenvalue weighted by Gasteiger charge is -2.44. The average Bonchev–Trinajstić information content (AvgIpc) is 3.23. The van der Waals surface area contributed by atoms with Gasteiger partial charge >= 0.3 is 12.1 Å². The maximum atomic E-state index is 12.9. The van der Waals surface area contributed by atoms with Gasteiger partial charge in [0.1, 0.15) is 5.60 Å². The van der Waals surface area contributed by atoms with Crippen LogP contribution >= 0.6 is 11.3 Å². The van der Waals surface area contributed by atoms with Gasteiger partial charge in [-0.25, -0.2) is 14.6 Å². The van der Waals surface area contributed by atoms with E-state index in [0.717, 1.165) is 0 Å². The van der Waals surface area contributed by atoms with Crippen molar-refractivity contribution in [3.63, 3.8) is 0 Å². The van der Waals surface area contributed by atoms with E-state index in [4.69, 9.17) is 4.74 Å². The molecule has 0 saturated carbocycles. The molecular formula is C19H29N5O4S. The standard InChI is InChI=1S/C19H29N5O4S/c1-12-10-24(18(27)28-19(3,4)5)13(2)9-23(12)15(25)8-14-11-29-17(21-14)22-7-6-20-16(22)26/h11-13H,6-10H2,1-5H3,(H,20,26)/t12-,13+/m1/s1. The van der Waals surface area contributed by atoms with E-state index in [1.54, 1.807) is 14.7 Å². The highest BCUT2D eigenvalue weighted by Crippen LogP contribution is 2.24. The molecule has 9 nitrogen and oxygen atoms in total. The number of anilines is 1. The summed E-state index contributed by atoms with van der Waals surface area (Å²) >= 11 is 1.36. The first-order chi connectivity index (χ1) is 13.5. The van der Waals surface area contributed by atoms with Gasteiger partial charge < -0.3 is 19.9 Å². The third-order valence-electron chi connectivity index (χ3n) is 4.89. The zero-order valence-electron chi connectivity index (χ0n) is 17.6. The molecule has 3 rings (SSSR count). The van der Waals surface area contributed by atoms with E-state index in [0.29, 0.717) is 37.0 Å². The first-order valence-corrected chi connectivity index (χ1v) is 10.7. The van der Waals surface area contributed by atoms with Crippen LogP contribution in [0.25, 0.3) is 0 Å². The van der Waals surface area contributed by atoms with Crippen molar-refractivity contribution in [1.82, 2.24) is 20.1 Å². The van der Waals surface area contributed by atoms with Crippen molar-refractivity contribution in [3.05, 3.63) is 11.1 Å². The number of aromatic nitrogens is 1. The van der Waals surface area contributed by atoms with Crippen LogP contribution in [0.5, 0.6) is 0 Å². The van der Waals surface area contributed by atoms with Crippen LogP contribution in [-0.2, 0) is 16.0 Å². The van der Waals surface area contributed by atoms with Gasteiger partial charge in [-0.2, -0.15) is 0 Å². The number of ether oxygens (including phenoxy) is 1. The summed E-state index contributed by atoms with van der Waals surface area (Å²) in [5.74, 6) is -0.0316. The zero-order valence-corrected chi connectivity index (χ0v) is 18.4. The summed E-state index contributed by atoms with van der Waals surface area (Å²) in [6, 6.07) is -0.407. The summed E-state index contributed by atoms with van der Waals surface area (Å²) in [6.45, 7) is 11.4. The predicted molar refractivity (Wildman–Crippen MR) is 110 cm³/mol. The summed E-state index contributed by atoms with van der Waals surface area (Å²) < 4.78 is 5.49. The van der Waals surface area contributed by atoms with Crippen molar-refractivity contribution in [2.24, 2.45) is 0 Å². The smallest absolute Gasteiger partial charge is 0.410 e. The van der Waals surface area contributed by atoms with Crippen molar-refractivity contribution in [3.8, 4) is 0 Å². The fourth-order valence-corrected chi connectivity index (χ4v) is 4.31. The Labute approximate surface area is 175 Å². The third-order valence-corrected chi connectivity index (χ3v) is 5.81. The van der Waals surface area contributed by atoms with Gasteiger partial charge in [-0.3, -0.25) is 9.69 Å². The molecule has 0 unspecified atom stereocenters. The molecule has 0 radical (unpaired) electrons.